The molecule has 2 rings (SSSR count). The molecule has 0 spiro atoms. The van der Waals surface area contributed by atoms with Gasteiger partial charge in [0.2, 0.25) is 5.91 Å². The normalized spacial score (nSPS) is 14.0. The van der Waals surface area contributed by atoms with Crippen molar-refractivity contribution < 1.29 is 45.8 Å². The highest BCUT2D eigenvalue weighted by molar-refractivity contribution is 5.86. The van der Waals surface area contributed by atoms with Crippen LogP contribution in [0.15, 0.2) is 42.6 Å². The molecule has 1 aromatic carbocycles. The molecule has 0 radical (unpaired) electrons. The van der Waals surface area contributed by atoms with Crippen LogP contribution < -0.4 is 10.1 Å². The molecule has 2 N–H and O–H groups in total. The summed E-state index contributed by atoms with van der Waals surface area (Å²) in [7, 11) is 0. The average molecular weight is 535 g/mol. The number of benzene rings is 1. The van der Waals surface area contributed by atoms with E-state index in [2.05, 4.69) is 15.0 Å². The number of halogens is 6. The maximum Gasteiger partial charge on any atom is 0.422 e. The van der Waals surface area contributed by atoms with Crippen molar-refractivity contribution in [2.45, 2.75) is 64.1 Å². The summed E-state index contributed by atoms with van der Waals surface area (Å²) in [5.74, 6) is -0.867. The van der Waals surface area contributed by atoms with Crippen LogP contribution in [0.3, 0.4) is 0 Å². The molecule has 0 fully saturated rings. The highest BCUT2D eigenvalue weighted by Gasteiger charge is 2.38. The van der Waals surface area contributed by atoms with Crippen LogP contribution in [0.1, 0.15) is 50.6 Å². The second-order valence-corrected chi connectivity index (χ2v) is 9.29. The molecule has 1 heterocycles. The van der Waals surface area contributed by atoms with Gasteiger partial charge in [0.15, 0.2) is 6.61 Å². The molecule has 0 saturated heterocycles. The number of rotatable bonds is 8. The summed E-state index contributed by atoms with van der Waals surface area (Å²) in [4.78, 5) is 30.2. The Morgan fingerprint density at radius 3 is 2.05 bits per heavy atom. The van der Waals surface area contributed by atoms with Gasteiger partial charge in [0, 0.05) is 12.0 Å². The lowest BCUT2D eigenvalue weighted by Gasteiger charge is -2.39. The first-order valence-electron chi connectivity index (χ1n) is 11.0. The number of aromatic nitrogens is 1. The van der Waals surface area contributed by atoms with E-state index in [1.165, 1.54) is 31.2 Å². The summed E-state index contributed by atoms with van der Waals surface area (Å²) in [5, 5.41) is 12.5. The second kappa shape index (κ2) is 11.3. The van der Waals surface area contributed by atoms with Crippen molar-refractivity contribution in [2.75, 3.05) is 6.61 Å². The van der Waals surface area contributed by atoms with Crippen LogP contribution in [0.5, 0.6) is 5.75 Å². The topological polar surface area (TPSA) is 91.8 Å². The number of ether oxygens (including phenoxy) is 1. The van der Waals surface area contributed by atoms with Crippen molar-refractivity contribution in [3.05, 3.63) is 59.4 Å². The third-order valence-electron chi connectivity index (χ3n) is 5.22. The summed E-state index contributed by atoms with van der Waals surface area (Å²) in [6.07, 6.45) is -9.63. The van der Waals surface area contributed by atoms with Gasteiger partial charge in [0.25, 0.3) is 0 Å². The average Bonchev–Trinajstić information content (AvgIpc) is 2.75. The van der Waals surface area contributed by atoms with Gasteiger partial charge in [-0.15, -0.1) is 0 Å². The van der Waals surface area contributed by atoms with E-state index in [9.17, 15) is 41.0 Å². The van der Waals surface area contributed by atoms with E-state index in [4.69, 9.17) is 0 Å². The molecule has 37 heavy (non-hydrogen) atoms. The molecular weight excluding hydrogens is 508 g/mol. The fraction of sp³-hybridized carbons (Fsp3) is 0.458. The lowest BCUT2D eigenvalue weighted by molar-refractivity contribution is -0.153. The first-order chi connectivity index (χ1) is 16.9. The standard InChI is InChI=1S/C24H27F6N3O4/c1-14(18-10-9-17(12-31-18)37-13-23(25,26)27)32-20(34)19(33(21(35)36)22(2,3)4)11-15-5-7-16(8-6-15)24(28,29)30/h5-10,12,14,19H,11,13H2,1-4H3,(H,32,34)(H,35,36)/t14-,19+/m1/s1. The smallest absolute Gasteiger partial charge is 0.422 e. The minimum atomic E-state index is -4.55. The number of carboxylic acid groups (broad SMARTS) is 1. The molecule has 0 unspecified atom stereocenters. The van der Waals surface area contributed by atoms with Crippen LogP contribution in [0.2, 0.25) is 0 Å². The zero-order chi connectivity index (χ0) is 28.2. The quantitative estimate of drug-likeness (QED) is 0.429. The summed E-state index contributed by atoms with van der Waals surface area (Å²) in [6.45, 7) is 4.74. The van der Waals surface area contributed by atoms with E-state index in [0.717, 1.165) is 23.2 Å². The Balaban J connectivity index is 2.25. The molecule has 0 aliphatic rings. The third-order valence-corrected chi connectivity index (χ3v) is 5.22. The van der Waals surface area contributed by atoms with Gasteiger partial charge in [-0.1, -0.05) is 12.1 Å². The van der Waals surface area contributed by atoms with E-state index >= 15 is 0 Å². The zero-order valence-corrected chi connectivity index (χ0v) is 20.4. The van der Waals surface area contributed by atoms with Crippen molar-refractivity contribution in [1.29, 1.82) is 0 Å². The lowest BCUT2D eigenvalue weighted by atomic mass is 9.97. The number of alkyl halides is 6. The van der Waals surface area contributed by atoms with Gasteiger partial charge < -0.3 is 15.2 Å². The van der Waals surface area contributed by atoms with Gasteiger partial charge in [-0.3, -0.25) is 14.7 Å². The highest BCUT2D eigenvalue weighted by Crippen LogP contribution is 2.30. The van der Waals surface area contributed by atoms with Crippen LogP contribution in [-0.2, 0) is 17.4 Å². The SMILES string of the molecule is C[C@@H](NC(=O)[C@H](Cc1ccc(C(F)(F)F)cc1)N(C(=O)O)C(C)(C)C)c1ccc(OCC(F)(F)F)cn1. The highest BCUT2D eigenvalue weighted by atomic mass is 19.4. The van der Waals surface area contributed by atoms with Gasteiger partial charge in [-0.05, 0) is 57.5 Å². The van der Waals surface area contributed by atoms with E-state index in [1.54, 1.807) is 20.8 Å². The molecule has 2 atom stereocenters. The number of amides is 2. The molecule has 204 valence electrons. The lowest BCUT2D eigenvalue weighted by Crippen LogP contribution is -2.57. The molecule has 2 amide bonds. The molecule has 0 aliphatic carbocycles. The molecule has 0 bridgehead atoms. The third kappa shape index (κ3) is 8.83. The zero-order valence-electron chi connectivity index (χ0n) is 20.4. The first kappa shape index (κ1) is 29.7. The minimum absolute atomic E-state index is 0.135. The van der Waals surface area contributed by atoms with Gasteiger partial charge in [-0.25, -0.2) is 4.79 Å². The molecule has 7 nitrogen and oxygen atoms in total. The van der Waals surface area contributed by atoms with Crippen molar-refractivity contribution >= 4 is 12.0 Å². The number of nitrogens with zero attached hydrogens (tertiary/aromatic N) is 2. The van der Waals surface area contributed by atoms with E-state index in [1.807, 2.05) is 0 Å². The van der Waals surface area contributed by atoms with E-state index in [0.29, 0.717) is 5.56 Å². The largest absolute Gasteiger partial charge is 0.483 e. The Morgan fingerprint density at radius 2 is 1.62 bits per heavy atom. The van der Waals surface area contributed by atoms with E-state index < -0.39 is 54.1 Å². The van der Waals surface area contributed by atoms with Crippen LogP contribution in [0.4, 0.5) is 31.1 Å². The summed E-state index contributed by atoms with van der Waals surface area (Å²) < 4.78 is 80.3. The number of pyridine rings is 1. The monoisotopic (exact) mass is 535 g/mol. The van der Waals surface area contributed by atoms with Gasteiger partial charge in [0.1, 0.15) is 11.8 Å². The summed E-state index contributed by atoms with van der Waals surface area (Å²) in [5.41, 5.74) is -1.36. The molecule has 0 saturated carbocycles. The molecular formula is C24H27F6N3O4. The maximum atomic E-state index is 13.3. The van der Waals surface area contributed by atoms with Crippen LogP contribution in [0, 0.1) is 0 Å². The Morgan fingerprint density at radius 1 is 1.03 bits per heavy atom. The van der Waals surface area contributed by atoms with E-state index in [-0.39, 0.29) is 17.9 Å². The Hall–Kier alpha value is -3.51. The predicted octanol–water partition coefficient (Wildman–Crippen LogP) is 5.61. The summed E-state index contributed by atoms with van der Waals surface area (Å²) >= 11 is 0. The first-order valence-corrected chi connectivity index (χ1v) is 11.0. The number of hydrogen-bond acceptors (Lipinski definition) is 4. The number of nitrogens with one attached hydrogen (secondary N) is 1. The Labute approximate surface area is 209 Å². The maximum absolute atomic E-state index is 13.3. The number of carbonyl (C=O) groups excluding carboxylic acids is 1. The van der Waals surface area contributed by atoms with Crippen molar-refractivity contribution in [2.24, 2.45) is 0 Å². The fourth-order valence-corrected chi connectivity index (χ4v) is 3.52. The summed E-state index contributed by atoms with van der Waals surface area (Å²) in [6, 6.07) is 4.55. The molecule has 2 aromatic rings. The predicted molar refractivity (Wildman–Crippen MR) is 121 cm³/mol. The fourth-order valence-electron chi connectivity index (χ4n) is 3.52. The number of hydrogen-bond donors (Lipinski definition) is 2. The van der Waals surface area contributed by atoms with Crippen LogP contribution >= 0.6 is 0 Å². The van der Waals surface area contributed by atoms with Crippen molar-refractivity contribution in [3.8, 4) is 5.75 Å². The van der Waals surface area contributed by atoms with Crippen LogP contribution in [0.25, 0.3) is 0 Å². The van der Waals surface area contributed by atoms with Crippen LogP contribution in [-0.4, -0.2) is 51.4 Å². The minimum Gasteiger partial charge on any atom is -0.483 e. The molecule has 13 heteroatoms. The molecule has 0 aliphatic heterocycles. The Kier molecular flexibility index (Phi) is 9.04. The Bertz CT molecular complexity index is 1060. The second-order valence-electron chi connectivity index (χ2n) is 9.29. The molecule has 1 aromatic heterocycles. The van der Waals surface area contributed by atoms with Crippen molar-refractivity contribution in [1.82, 2.24) is 15.2 Å². The van der Waals surface area contributed by atoms with Gasteiger partial charge in [0.05, 0.1) is 23.5 Å². The van der Waals surface area contributed by atoms with Gasteiger partial charge >= 0.3 is 18.4 Å². The van der Waals surface area contributed by atoms with Gasteiger partial charge in [-0.2, -0.15) is 26.3 Å². The van der Waals surface area contributed by atoms with Crippen molar-refractivity contribution in [3.63, 3.8) is 0 Å². The number of carbonyl (C=O) groups is 2.